The summed E-state index contributed by atoms with van der Waals surface area (Å²) in [6, 6.07) is 5.97. The molecule has 158 valence electrons. The lowest BCUT2D eigenvalue weighted by Crippen LogP contribution is -2.35. The van der Waals surface area contributed by atoms with Crippen LogP contribution in [-0.4, -0.2) is 32.4 Å². The van der Waals surface area contributed by atoms with Crippen LogP contribution in [0.4, 0.5) is 28.7 Å². The standard InChI is InChI=1S/C20H24N6O4/c1-19(2)8-15-9-20(3,10-19)11-24(15)18-16(26(29)30)17(21-12-22-18)23-13-5-4-6-14(7-13)25(27)28/h4-7,12,15H,8-11H2,1-3H3,(H,21,22,23). The smallest absolute Gasteiger partial charge is 0.347 e. The van der Waals surface area contributed by atoms with Gasteiger partial charge in [0.15, 0.2) is 0 Å². The Kier molecular flexibility index (Phi) is 4.59. The first kappa shape index (κ1) is 20.0. The summed E-state index contributed by atoms with van der Waals surface area (Å²) < 4.78 is 0. The minimum Gasteiger partial charge on any atom is -0.347 e. The number of hydrogen-bond donors (Lipinski definition) is 1. The van der Waals surface area contributed by atoms with Crippen molar-refractivity contribution in [2.75, 3.05) is 16.8 Å². The molecular formula is C20H24N6O4. The second-order valence-electron chi connectivity index (χ2n) is 9.43. The molecule has 2 unspecified atom stereocenters. The first-order valence-electron chi connectivity index (χ1n) is 9.84. The third-order valence-electron chi connectivity index (χ3n) is 5.99. The van der Waals surface area contributed by atoms with E-state index in [9.17, 15) is 20.2 Å². The first-order chi connectivity index (χ1) is 14.1. The number of anilines is 3. The molecule has 4 rings (SSSR count). The van der Waals surface area contributed by atoms with E-state index in [0.29, 0.717) is 18.1 Å². The Labute approximate surface area is 173 Å². The molecule has 1 aliphatic heterocycles. The van der Waals surface area contributed by atoms with Gasteiger partial charge in [-0.25, -0.2) is 9.97 Å². The molecule has 2 bridgehead atoms. The van der Waals surface area contributed by atoms with E-state index in [4.69, 9.17) is 0 Å². The van der Waals surface area contributed by atoms with Gasteiger partial charge in [-0.05, 0) is 36.2 Å². The lowest BCUT2D eigenvalue weighted by atomic mass is 9.65. The maximum absolute atomic E-state index is 12.0. The molecule has 2 aromatic rings. The Hall–Kier alpha value is -3.30. The van der Waals surface area contributed by atoms with E-state index >= 15 is 0 Å². The van der Waals surface area contributed by atoms with Gasteiger partial charge in [-0.1, -0.05) is 26.8 Å². The van der Waals surface area contributed by atoms with Crippen LogP contribution < -0.4 is 10.2 Å². The van der Waals surface area contributed by atoms with Gasteiger partial charge in [-0.2, -0.15) is 0 Å². The summed E-state index contributed by atoms with van der Waals surface area (Å²) in [5.74, 6) is 0.325. The third kappa shape index (κ3) is 3.64. The molecule has 1 N–H and O–H groups in total. The highest BCUT2D eigenvalue weighted by molar-refractivity contribution is 5.75. The summed E-state index contributed by atoms with van der Waals surface area (Å²) in [4.78, 5) is 32.5. The zero-order valence-electron chi connectivity index (χ0n) is 17.2. The number of hydrogen-bond acceptors (Lipinski definition) is 8. The molecule has 1 saturated carbocycles. The molecule has 0 spiro atoms. The Morgan fingerprint density at radius 2 is 1.90 bits per heavy atom. The number of fused-ring (bicyclic) bond motifs is 2. The molecule has 0 amide bonds. The highest BCUT2D eigenvalue weighted by Crippen LogP contribution is 2.54. The number of nitrogens with one attached hydrogen (secondary N) is 1. The molecule has 1 aliphatic carbocycles. The van der Waals surface area contributed by atoms with Crippen molar-refractivity contribution >= 4 is 28.7 Å². The van der Waals surface area contributed by atoms with Crippen LogP contribution in [0.25, 0.3) is 0 Å². The summed E-state index contributed by atoms with van der Waals surface area (Å²) in [5.41, 5.74) is 0.278. The van der Waals surface area contributed by atoms with Gasteiger partial charge in [0.2, 0.25) is 11.6 Å². The SMILES string of the molecule is CC1(C)CC2CC(C)(CN2c2ncnc(Nc3cccc([N+](=O)[O-])c3)c2[N+](=O)[O-])C1. The molecule has 2 heterocycles. The average molecular weight is 412 g/mol. The largest absolute Gasteiger partial charge is 0.353 e. The molecule has 2 aliphatic rings. The molecule has 1 saturated heterocycles. The van der Waals surface area contributed by atoms with Gasteiger partial charge in [0.25, 0.3) is 5.69 Å². The van der Waals surface area contributed by atoms with E-state index in [2.05, 4.69) is 36.1 Å². The number of aromatic nitrogens is 2. The van der Waals surface area contributed by atoms with Gasteiger partial charge < -0.3 is 10.2 Å². The highest BCUT2D eigenvalue weighted by atomic mass is 16.6. The van der Waals surface area contributed by atoms with Crippen molar-refractivity contribution < 1.29 is 9.85 Å². The van der Waals surface area contributed by atoms with Gasteiger partial charge in [-0.15, -0.1) is 0 Å². The van der Waals surface area contributed by atoms with E-state index in [1.54, 1.807) is 6.07 Å². The second-order valence-corrected chi connectivity index (χ2v) is 9.43. The van der Waals surface area contributed by atoms with Gasteiger partial charge >= 0.3 is 5.69 Å². The molecule has 10 heteroatoms. The fraction of sp³-hybridized carbons (Fsp3) is 0.500. The van der Waals surface area contributed by atoms with E-state index in [1.807, 2.05) is 4.90 Å². The van der Waals surface area contributed by atoms with E-state index in [-0.39, 0.29) is 34.1 Å². The minimum absolute atomic E-state index is 0.0244. The summed E-state index contributed by atoms with van der Waals surface area (Å²) in [7, 11) is 0. The van der Waals surface area contributed by atoms with Crippen molar-refractivity contribution in [2.24, 2.45) is 10.8 Å². The van der Waals surface area contributed by atoms with Crippen molar-refractivity contribution in [2.45, 2.75) is 46.1 Å². The fourth-order valence-electron chi connectivity index (χ4n) is 5.38. The van der Waals surface area contributed by atoms with Crippen molar-refractivity contribution in [1.82, 2.24) is 9.97 Å². The number of nitrogens with zero attached hydrogens (tertiary/aromatic N) is 5. The molecule has 2 fully saturated rings. The number of benzene rings is 1. The second kappa shape index (κ2) is 6.89. The summed E-state index contributed by atoms with van der Waals surface area (Å²) in [6.45, 7) is 7.42. The van der Waals surface area contributed by atoms with Crippen LogP contribution in [0, 0.1) is 31.1 Å². The van der Waals surface area contributed by atoms with Crippen LogP contribution in [0.2, 0.25) is 0 Å². The van der Waals surface area contributed by atoms with Crippen molar-refractivity contribution in [3.05, 3.63) is 50.8 Å². The number of non-ortho nitro benzene ring substituents is 1. The summed E-state index contributed by atoms with van der Waals surface area (Å²) in [5, 5.41) is 25.9. The molecule has 2 atom stereocenters. The van der Waals surface area contributed by atoms with Crippen LogP contribution in [0.15, 0.2) is 30.6 Å². The van der Waals surface area contributed by atoms with Crippen LogP contribution in [0.3, 0.4) is 0 Å². The zero-order valence-corrected chi connectivity index (χ0v) is 17.2. The fourth-order valence-corrected chi connectivity index (χ4v) is 5.38. The third-order valence-corrected chi connectivity index (χ3v) is 5.99. The van der Waals surface area contributed by atoms with Crippen molar-refractivity contribution in [3.8, 4) is 0 Å². The number of nitro benzene ring substituents is 1. The molecule has 30 heavy (non-hydrogen) atoms. The topological polar surface area (TPSA) is 127 Å². The Balaban J connectivity index is 1.72. The van der Waals surface area contributed by atoms with Crippen LogP contribution in [0.1, 0.15) is 40.0 Å². The van der Waals surface area contributed by atoms with Crippen LogP contribution in [-0.2, 0) is 0 Å². The summed E-state index contributed by atoms with van der Waals surface area (Å²) in [6.07, 6.45) is 4.28. The van der Waals surface area contributed by atoms with Gasteiger partial charge in [0, 0.05) is 30.4 Å². The molecule has 1 aromatic carbocycles. The Morgan fingerprint density at radius 1 is 1.13 bits per heavy atom. The van der Waals surface area contributed by atoms with Gasteiger partial charge in [0.1, 0.15) is 6.33 Å². The lowest BCUT2D eigenvalue weighted by molar-refractivity contribution is -0.384. The van der Waals surface area contributed by atoms with Gasteiger partial charge in [0.05, 0.1) is 9.85 Å². The van der Waals surface area contributed by atoms with Crippen molar-refractivity contribution in [1.29, 1.82) is 0 Å². The maximum Gasteiger partial charge on any atom is 0.353 e. The number of nitro groups is 2. The van der Waals surface area contributed by atoms with Crippen molar-refractivity contribution in [3.63, 3.8) is 0 Å². The zero-order chi connectivity index (χ0) is 21.7. The maximum atomic E-state index is 12.0. The molecular weight excluding hydrogens is 388 g/mol. The van der Waals surface area contributed by atoms with E-state index in [1.165, 1.54) is 24.5 Å². The Bertz CT molecular complexity index is 1030. The average Bonchev–Trinajstić information content (AvgIpc) is 2.90. The highest BCUT2D eigenvalue weighted by Gasteiger charge is 2.51. The molecule has 0 radical (unpaired) electrons. The van der Waals surface area contributed by atoms with Gasteiger partial charge in [-0.3, -0.25) is 20.2 Å². The minimum atomic E-state index is -0.516. The number of rotatable bonds is 5. The monoisotopic (exact) mass is 412 g/mol. The van der Waals surface area contributed by atoms with E-state index in [0.717, 1.165) is 19.3 Å². The molecule has 10 nitrogen and oxygen atoms in total. The normalized spacial score (nSPS) is 24.5. The Morgan fingerprint density at radius 3 is 2.60 bits per heavy atom. The first-order valence-corrected chi connectivity index (χ1v) is 9.84. The van der Waals surface area contributed by atoms with E-state index < -0.39 is 9.85 Å². The predicted octanol–water partition coefficient (Wildman–Crippen LogP) is 4.44. The lowest BCUT2D eigenvalue weighted by Gasteiger charge is -2.39. The quantitative estimate of drug-likeness (QED) is 0.564. The predicted molar refractivity (Wildman–Crippen MR) is 112 cm³/mol. The summed E-state index contributed by atoms with van der Waals surface area (Å²) >= 11 is 0. The van der Waals surface area contributed by atoms with Crippen LogP contribution >= 0.6 is 0 Å². The molecule has 1 aromatic heterocycles. The van der Waals surface area contributed by atoms with Crippen LogP contribution in [0.5, 0.6) is 0 Å².